The summed E-state index contributed by atoms with van der Waals surface area (Å²) in [6.07, 6.45) is 11.1. The number of nitrogens with zero attached hydrogens (tertiary/aromatic N) is 4. The minimum atomic E-state index is -0.146. The van der Waals surface area contributed by atoms with Crippen LogP contribution in [0.4, 0.5) is 5.82 Å². The number of hydrogen-bond donors (Lipinski definition) is 0. The molecule has 8 heteroatoms. The molecule has 2 aromatic heterocycles. The molecule has 1 aliphatic carbocycles. The minimum Gasteiger partial charge on any atom is -0.356 e. The van der Waals surface area contributed by atoms with E-state index in [0.29, 0.717) is 26.3 Å². The molecule has 4 heterocycles. The largest absolute Gasteiger partial charge is 0.356 e. The number of amides is 1. The molecular formula is C22H24N4O2S2. The lowest BCUT2D eigenvalue weighted by atomic mass is 10.1. The van der Waals surface area contributed by atoms with Gasteiger partial charge in [0.25, 0.3) is 11.5 Å². The average molecular weight is 441 g/mol. The molecule has 1 saturated carbocycles. The van der Waals surface area contributed by atoms with Gasteiger partial charge in [0.2, 0.25) is 0 Å². The van der Waals surface area contributed by atoms with Gasteiger partial charge in [0, 0.05) is 25.3 Å². The van der Waals surface area contributed by atoms with Crippen LogP contribution in [0.2, 0.25) is 0 Å². The highest BCUT2D eigenvalue weighted by molar-refractivity contribution is 8.26. The number of pyridine rings is 1. The number of carbonyl (C=O) groups is 1. The van der Waals surface area contributed by atoms with E-state index >= 15 is 0 Å². The van der Waals surface area contributed by atoms with Crippen molar-refractivity contribution in [2.24, 2.45) is 0 Å². The molecule has 0 aromatic carbocycles. The van der Waals surface area contributed by atoms with Gasteiger partial charge in [-0.15, -0.1) is 0 Å². The third-order valence-electron chi connectivity index (χ3n) is 6.19. The SMILES string of the molecule is O=C1/C(=C\c2c(N3CCCCC3)nc3ccccn3c2=O)SC(=S)N1C1CCCC1. The number of rotatable bonds is 3. The first-order valence-electron chi connectivity index (χ1n) is 10.7. The van der Waals surface area contributed by atoms with Crippen LogP contribution in [0, 0.1) is 0 Å². The van der Waals surface area contributed by atoms with Gasteiger partial charge in [-0.05, 0) is 50.3 Å². The van der Waals surface area contributed by atoms with E-state index in [-0.39, 0.29) is 17.5 Å². The zero-order valence-corrected chi connectivity index (χ0v) is 18.4. The maximum atomic E-state index is 13.4. The van der Waals surface area contributed by atoms with Crippen molar-refractivity contribution in [3.63, 3.8) is 0 Å². The van der Waals surface area contributed by atoms with Crippen LogP contribution in [0.5, 0.6) is 0 Å². The summed E-state index contributed by atoms with van der Waals surface area (Å²) >= 11 is 6.84. The molecule has 2 aromatic rings. The quantitative estimate of drug-likeness (QED) is 0.534. The molecule has 156 valence electrons. The Hall–Kier alpha value is -2.19. The molecule has 5 rings (SSSR count). The second-order valence-corrected chi connectivity index (χ2v) is 9.80. The number of thioether (sulfide) groups is 1. The van der Waals surface area contributed by atoms with Crippen LogP contribution in [0.15, 0.2) is 34.1 Å². The molecule has 0 unspecified atom stereocenters. The number of thiocarbonyl (C=S) groups is 1. The standard InChI is InChI=1S/C22H24N4O2S2/c27-20-16(14-17-21(28)26(22(29)30-17)15-8-2-3-9-15)19(24-11-5-1-6-12-24)23-18-10-4-7-13-25(18)20/h4,7,10,13-15H,1-3,5-6,8-9,11-12H2/b17-14+. The normalized spacial score (nSPS) is 22.1. The summed E-state index contributed by atoms with van der Waals surface area (Å²) < 4.78 is 2.16. The van der Waals surface area contributed by atoms with Crippen molar-refractivity contribution >= 4 is 51.7 Å². The molecule has 3 fully saturated rings. The summed E-state index contributed by atoms with van der Waals surface area (Å²) in [4.78, 5) is 35.9. The Bertz CT molecular complexity index is 1100. The van der Waals surface area contributed by atoms with Crippen LogP contribution >= 0.6 is 24.0 Å². The zero-order chi connectivity index (χ0) is 20.7. The first-order valence-corrected chi connectivity index (χ1v) is 11.9. The van der Waals surface area contributed by atoms with Gasteiger partial charge in [0.1, 0.15) is 15.8 Å². The third-order valence-corrected chi connectivity index (χ3v) is 7.52. The fraction of sp³-hybridized carbons (Fsp3) is 0.455. The lowest BCUT2D eigenvalue weighted by Gasteiger charge is -2.29. The fourth-order valence-corrected chi connectivity index (χ4v) is 6.03. The van der Waals surface area contributed by atoms with Crippen LogP contribution in [0.25, 0.3) is 11.7 Å². The van der Waals surface area contributed by atoms with Gasteiger partial charge in [-0.3, -0.25) is 18.9 Å². The first kappa shape index (κ1) is 19.8. The van der Waals surface area contributed by atoms with Gasteiger partial charge in [-0.1, -0.05) is 42.9 Å². The van der Waals surface area contributed by atoms with Gasteiger partial charge in [0.05, 0.1) is 10.5 Å². The molecule has 0 atom stereocenters. The molecule has 2 aliphatic heterocycles. The Morgan fingerprint density at radius 1 is 1.07 bits per heavy atom. The molecule has 30 heavy (non-hydrogen) atoms. The highest BCUT2D eigenvalue weighted by atomic mass is 32.2. The highest BCUT2D eigenvalue weighted by Crippen LogP contribution is 2.38. The summed E-state index contributed by atoms with van der Waals surface area (Å²) in [5, 5.41) is 0. The molecule has 0 N–H and O–H groups in total. The van der Waals surface area contributed by atoms with Gasteiger partial charge < -0.3 is 4.90 Å². The summed E-state index contributed by atoms with van der Waals surface area (Å²) in [6.45, 7) is 1.75. The molecule has 3 aliphatic rings. The van der Waals surface area contributed by atoms with Crippen molar-refractivity contribution in [1.29, 1.82) is 0 Å². The lowest BCUT2D eigenvalue weighted by molar-refractivity contribution is -0.123. The second kappa shape index (κ2) is 8.15. The predicted molar refractivity (Wildman–Crippen MR) is 125 cm³/mol. The molecule has 0 bridgehead atoms. The van der Waals surface area contributed by atoms with Crippen LogP contribution in [-0.2, 0) is 4.79 Å². The molecule has 0 spiro atoms. The summed E-state index contributed by atoms with van der Waals surface area (Å²) in [5.41, 5.74) is 0.957. The Labute approximate surface area is 185 Å². The smallest absolute Gasteiger partial charge is 0.267 e. The number of aromatic nitrogens is 2. The van der Waals surface area contributed by atoms with E-state index < -0.39 is 0 Å². The van der Waals surface area contributed by atoms with E-state index in [0.717, 1.165) is 51.6 Å². The van der Waals surface area contributed by atoms with Crippen molar-refractivity contribution in [3.8, 4) is 0 Å². The number of carbonyl (C=O) groups excluding carboxylic acids is 1. The van der Waals surface area contributed by atoms with Crippen molar-refractivity contribution in [2.75, 3.05) is 18.0 Å². The van der Waals surface area contributed by atoms with E-state index in [1.807, 2.05) is 18.2 Å². The Kier molecular flexibility index (Phi) is 5.37. The van der Waals surface area contributed by atoms with Crippen LogP contribution in [0.3, 0.4) is 0 Å². The first-order chi connectivity index (χ1) is 14.6. The molecule has 6 nitrogen and oxygen atoms in total. The van der Waals surface area contributed by atoms with E-state index in [4.69, 9.17) is 17.2 Å². The third kappa shape index (κ3) is 3.46. The number of piperidine rings is 1. The van der Waals surface area contributed by atoms with Crippen molar-refractivity contribution < 1.29 is 4.79 Å². The number of anilines is 1. The number of hydrogen-bond acceptors (Lipinski definition) is 6. The lowest BCUT2D eigenvalue weighted by Crippen LogP contribution is -2.36. The Morgan fingerprint density at radius 3 is 2.60 bits per heavy atom. The van der Waals surface area contributed by atoms with Gasteiger partial charge >= 0.3 is 0 Å². The summed E-state index contributed by atoms with van der Waals surface area (Å²) in [7, 11) is 0. The highest BCUT2D eigenvalue weighted by Gasteiger charge is 2.38. The van der Waals surface area contributed by atoms with E-state index in [9.17, 15) is 9.59 Å². The van der Waals surface area contributed by atoms with Crippen molar-refractivity contribution in [3.05, 3.63) is 45.2 Å². The van der Waals surface area contributed by atoms with E-state index in [1.54, 1.807) is 21.6 Å². The van der Waals surface area contributed by atoms with Gasteiger partial charge in [0.15, 0.2) is 0 Å². The maximum absolute atomic E-state index is 13.4. The maximum Gasteiger partial charge on any atom is 0.267 e. The second-order valence-electron chi connectivity index (χ2n) is 8.12. The molecule has 1 amide bonds. The number of fused-ring (bicyclic) bond motifs is 1. The van der Waals surface area contributed by atoms with Crippen LogP contribution in [-0.4, -0.2) is 43.6 Å². The molecule has 2 saturated heterocycles. The van der Waals surface area contributed by atoms with Crippen LogP contribution in [0.1, 0.15) is 50.5 Å². The molecular weight excluding hydrogens is 416 g/mol. The summed E-state index contributed by atoms with van der Waals surface area (Å²) in [5.74, 6) is 0.607. The Morgan fingerprint density at radius 2 is 1.83 bits per heavy atom. The van der Waals surface area contributed by atoms with Gasteiger partial charge in [-0.2, -0.15) is 0 Å². The van der Waals surface area contributed by atoms with Crippen LogP contribution < -0.4 is 10.5 Å². The molecule has 0 radical (unpaired) electrons. The van der Waals surface area contributed by atoms with Crippen molar-refractivity contribution in [1.82, 2.24) is 14.3 Å². The van der Waals surface area contributed by atoms with E-state index in [1.165, 1.54) is 18.2 Å². The predicted octanol–water partition coefficient (Wildman–Crippen LogP) is 3.83. The topological polar surface area (TPSA) is 57.9 Å². The van der Waals surface area contributed by atoms with Gasteiger partial charge in [-0.25, -0.2) is 4.98 Å². The Balaban J connectivity index is 1.61. The van der Waals surface area contributed by atoms with Crippen molar-refractivity contribution in [2.45, 2.75) is 51.0 Å². The van der Waals surface area contributed by atoms with E-state index in [2.05, 4.69) is 4.90 Å². The average Bonchev–Trinajstić information content (AvgIpc) is 3.38. The summed E-state index contributed by atoms with van der Waals surface area (Å²) in [6, 6.07) is 5.74. The zero-order valence-electron chi connectivity index (χ0n) is 16.7. The monoisotopic (exact) mass is 440 g/mol. The fourth-order valence-electron chi connectivity index (χ4n) is 4.65. The minimum absolute atomic E-state index is 0.0703.